The van der Waals surface area contributed by atoms with Gasteiger partial charge in [-0.3, -0.25) is 4.79 Å². The van der Waals surface area contributed by atoms with Gasteiger partial charge in [0.1, 0.15) is 5.75 Å². The van der Waals surface area contributed by atoms with E-state index in [2.05, 4.69) is 26.1 Å². The number of amides is 1. The average molecular weight is 392 g/mol. The van der Waals surface area contributed by atoms with Crippen molar-refractivity contribution < 1.29 is 24.2 Å². The van der Waals surface area contributed by atoms with Crippen molar-refractivity contribution in [3.8, 4) is 5.75 Å². The molecule has 2 rings (SSSR count). The molecule has 0 unspecified atom stereocenters. The number of carboxylic acids is 1. The summed E-state index contributed by atoms with van der Waals surface area (Å²) in [5.74, 6) is 0.207. The van der Waals surface area contributed by atoms with Gasteiger partial charge in [0.25, 0.3) is 5.91 Å². The third kappa shape index (κ3) is 6.82. The van der Waals surface area contributed by atoms with Gasteiger partial charge in [-0.2, -0.15) is 0 Å². The molecule has 28 heavy (non-hydrogen) atoms. The summed E-state index contributed by atoms with van der Waals surface area (Å²) in [6, 6.07) is 7.29. The summed E-state index contributed by atoms with van der Waals surface area (Å²) in [7, 11) is 1.38. The van der Waals surface area contributed by atoms with Crippen molar-refractivity contribution in [2.45, 2.75) is 65.0 Å². The zero-order chi connectivity index (χ0) is 20.7. The first-order valence-electron chi connectivity index (χ1n) is 9.95. The topological polar surface area (TPSA) is 84.9 Å². The molecule has 6 nitrogen and oxygen atoms in total. The van der Waals surface area contributed by atoms with Crippen LogP contribution >= 0.6 is 0 Å². The number of hydrogen-bond acceptors (Lipinski definition) is 4. The van der Waals surface area contributed by atoms with Crippen molar-refractivity contribution >= 4 is 11.9 Å². The number of carbonyl (C=O) groups excluding carboxylic acids is 1. The second kappa shape index (κ2) is 9.92. The molecule has 0 bridgehead atoms. The minimum Gasteiger partial charge on any atom is -0.484 e. The van der Waals surface area contributed by atoms with E-state index in [1.807, 2.05) is 0 Å². The van der Waals surface area contributed by atoms with E-state index in [0.29, 0.717) is 17.1 Å². The molecule has 1 saturated carbocycles. The maximum atomic E-state index is 12.2. The smallest absolute Gasteiger partial charge is 0.333 e. The molecule has 2 N–H and O–H groups in total. The van der Waals surface area contributed by atoms with Crippen LogP contribution in [0.3, 0.4) is 0 Å². The highest BCUT2D eigenvalue weighted by atomic mass is 16.5. The van der Waals surface area contributed by atoms with Crippen LogP contribution in [0.15, 0.2) is 24.3 Å². The maximum Gasteiger partial charge on any atom is 0.333 e. The second-order valence-electron chi connectivity index (χ2n) is 8.68. The summed E-state index contributed by atoms with van der Waals surface area (Å²) in [5.41, 5.74) is 1.17. The summed E-state index contributed by atoms with van der Waals surface area (Å²) >= 11 is 0. The minimum absolute atomic E-state index is 0.0195. The number of hydrogen-bond donors (Lipinski definition) is 2. The van der Waals surface area contributed by atoms with Gasteiger partial charge in [0.2, 0.25) is 0 Å². The summed E-state index contributed by atoms with van der Waals surface area (Å²) in [6.45, 7) is 6.83. The van der Waals surface area contributed by atoms with Crippen molar-refractivity contribution in [1.29, 1.82) is 0 Å². The highest BCUT2D eigenvalue weighted by Gasteiger charge is 2.30. The molecule has 0 radical (unpaired) electrons. The number of carboxylic acid groups (broad SMARTS) is 1. The van der Waals surface area contributed by atoms with Gasteiger partial charge in [-0.1, -0.05) is 32.9 Å². The normalized spacial score (nSPS) is 21.0. The summed E-state index contributed by atoms with van der Waals surface area (Å²) in [6.07, 6.45) is 3.75. The number of carbonyl (C=O) groups is 2. The Morgan fingerprint density at radius 3 is 2.25 bits per heavy atom. The monoisotopic (exact) mass is 391 g/mol. The van der Waals surface area contributed by atoms with E-state index in [0.717, 1.165) is 31.2 Å². The Kier molecular flexibility index (Phi) is 7.87. The summed E-state index contributed by atoms with van der Waals surface area (Å²) in [5, 5.41) is 12.1. The molecule has 6 heteroatoms. The number of benzene rings is 1. The van der Waals surface area contributed by atoms with Crippen LogP contribution in [0.2, 0.25) is 0 Å². The average Bonchev–Trinajstić information content (AvgIpc) is 2.65. The third-order valence-corrected chi connectivity index (χ3v) is 5.59. The Morgan fingerprint density at radius 1 is 1.14 bits per heavy atom. The first kappa shape index (κ1) is 22.2. The van der Waals surface area contributed by atoms with E-state index in [9.17, 15) is 9.59 Å². The first-order valence-corrected chi connectivity index (χ1v) is 9.95. The fraction of sp³-hybridized carbons (Fsp3) is 0.636. The molecular formula is C22H33NO5. The molecule has 0 saturated heterocycles. The number of rotatable bonds is 8. The van der Waals surface area contributed by atoms with Gasteiger partial charge in [0, 0.05) is 19.6 Å². The zero-order valence-electron chi connectivity index (χ0n) is 17.4. The largest absolute Gasteiger partial charge is 0.484 e. The van der Waals surface area contributed by atoms with Crippen molar-refractivity contribution in [1.82, 2.24) is 5.32 Å². The van der Waals surface area contributed by atoms with Crippen LogP contribution in [-0.2, 0) is 20.7 Å². The maximum absolute atomic E-state index is 12.2. The van der Waals surface area contributed by atoms with Gasteiger partial charge in [0.15, 0.2) is 12.7 Å². The van der Waals surface area contributed by atoms with Gasteiger partial charge >= 0.3 is 5.97 Å². The molecule has 0 aliphatic heterocycles. The molecule has 1 atom stereocenters. The van der Waals surface area contributed by atoms with E-state index in [-0.39, 0.29) is 25.0 Å². The number of aliphatic carboxylic acids is 1. The van der Waals surface area contributed by atoms with Crippen LogP contribution in [0.4, 0.5) is 0 Å². The highest BCUT2D eigenvalue weighted by Crippen LogP contribution is 2.37. The van der Waals surface area contributed by atoms with E-state index < -0.39 is 12.1 Å². The van der Waals surface area contributed by atoms with Crippen LogP contribution < -0.4 is 10.1 Å². The minimum atomic E-state index is -0.990. The van der Waals surface area contributed by atoms with Crippen LogP contribution in [0.25, 0.3) is 0 Å². The lowest BCUT2D eigenvalue weighted by Gasteiger charge is -2.37. The lowest BCUT2D eigenvalue weighted by molar-refractivity contribution is -0.148. The van der Waals surface area contributed by atoms with E-state index in [1.165, 1.54) is 7.11 Å². The molecule has 1 aliphatic carbocycles. The van der Waals surface area contributed by atoms with E-state index in [4.69, 9.17) is 14.6 Å². The Morgan fingerprint density at radius 2 is 1.75 bits per heavy atom. The van der Waals surface area contributed by atoms with Crippen molar-refractivity contribution in [3.05, 3.63) is 29.8 Å². The van der Waals surface area contributed by atoms with Gasteiger partial charge in [0.05, 0.1) is 0 Å². The highest BCUT2D eigenvalue weighted by molar-refractivity contribution is 5.77. The quantitative estimate of drug-likeness (QED) is 0.709. The van der Waals surface area contributed by atoms with Crippen LogP contribution in [0.1, 0.15) is 52.0 Å². The zero-order valence-corrected chi connectivity index (χ0v) is 17.4. The van der Waals surface area contributed by atoms with Gasteiger partial charge < -0.3 is 19.9 Å². The molecule has 1 aromatic carbocycles. The number of methoxy groups -OCH3 is 1. The van der Waals surface area contributed by atoms with Gasteiger partial charge in [-0.05, 0) is 54.7 Å². The Balaban J connectivity index is 1.73. The molecule has 1 fully saturated rings. The molecule has 0 spiro atoms. The Labute approximate surface area is 167 Å². The standard InChI is InChI=1S/C22H33NO5/c1-22(2,3)16-7-9-17(10-8-16)23-20(24)14-28-18-11-5-15(6-12-18)13-19(27-4)21(25)26/h5-6,11-12,16-17,19H,7-10,13-14H2,1-4H3,(H,23,24)(H,25,26)/t16-,17-,19-/m0/s1. The lowest BCUT2D eigenvalue weighted by Crippen LogP contribution is -2.41. The third-order valence-electron chi connectivity index (χ3n) is 5.59. The van der Waals surface area contributed by atoms with Crippen molar-refractivity contribution in [2.24, 2.45) is 11.3 Å². The molecule has 156 valence electrons. The first-order chi connectivity index (χ1) is 13.2. The van der Waals surface area contributed by atoms with Crippen molar-refractivity contribution in [3.63, 3.8) is 0 Å². The van der Waals surface area contributed by atoms with Gasteiger partial charge in [-0.15, -0.1) is 0 Å². The van der Waals surface area contributed by atoms with E-state index >= 15 is 0 Å². The fourth-order valence-electron chi connectivity index (χ4n) is 3.73. The number of nitrogens with one attached hydrogen (secondary N) is 1. The van der Waals surface area contributed by atoms with Gasteiger partial charge in [-0.25, -0.2) is 4.79 Å². The molecule has 0 heterocycles. The Bertz CT molecular complexity index is 642. The predicted octanol–water partition coefficient (Wildman–Crippen LogP) is 3.43. The molecule has 0 aromatic heterocycles. The van der Waals surface area contributed by atoms with Crippen LogP contribution in [0, 0.1) is 11.3 Å². The number of ether oxygens (including phenoxy) is 2. The molecule has 1 aliphatic rings. The lowest BCUT2D eigenvalue weighted by atomic mass is 9.71. The molecular weight excluding hydrogens is 358 g/mol. The van der Waals surface area contributed by atoms with Crippen LogP contribution in [-0.4, -0.2) is 42.8 Å². The SMILES string of the molecule is CO[C@@H](Cc1ccc(OCC(=O)N[C@H]2CC[C@H](C(C)(C)C)CC2)cc1)C(=O)O. The van der Waals surface area contributed by atoms with E-state index in [1.54, 1.807) is 24.3 Å². The Hall–Kier alpha value is -2.08. The molecule has 1 aromatic rings. The fourth-order valence-corrected chi connectivity index (χ4v) is 3.73. The predicted molar refractivity (Wildman–Crippen MR) is 107 cm³/mol. The second-order valence-corrected chi connectivity index (χ2v) is 8.68. The molecule has 1 amide bonds. The van der Waals surface area contributed by atoms with Crippen molar-refractivity contribution in [2.75, 3.05) is 13.7 Å². The summed E-state index contributed by atoms with van der Waals surface area (Å²) < 4.78 is 10.5. The van der Waals surface area contributed by atoms with Crippen LogP contribution in [0.5, 0.6) is 5.75 Å². The summed E-state index contributed by atoms with van der Waals surface area (Å²) in [4.78, 5) is 23.2.